The number of carbonyl (C=O) groups is 2. The zero-order valence-corrected chi connectivity index (χ0v) is 19.1. The molecule has 2 aromatic heterocycles. The molecule has 0 saturated heterocycles. The number of amides is 1. The summed E-state index contributed by atoms with van der Waals surface area (Å²) >= 11 is 19.4. The number of nitrogens with zero attached hydrogens (tertiary/aromatic N) is 2. The van der Waals surface area contributed by atoms with E-state index in [4.69, 9.17) is 39.5 Å². The van der Waals surface area contributed by atoms with Crippen LogP contribution in [0.3, 0.4) is 0 Å². The first-order valence-corrected chi connectivity index (χ1v) is 10.9. The van der Waals surface area contributed by atoms with E-state index in [1.54, 1.807) is 28.9 Å². The van der Waals surface area contributed by atoms with Crippen LogP contribution in [0.1, 0.15) is 15.4 Å². The van der Waals surface area contributed by atoms with Crippen LogP contribution in [-0.2, 0) is 9.53 Å². The quantitative estimate of drug-likeness (QED) is 0.338. The van der Waals surface area contributed by atoms with E-state index in [9.17, 15) is 9.59 Å². The minimum Gasteiger partial charge on any atom is -0.451 e. The van der Waals surface area contributed by atoms with Gasteiger partial charge in [0.15, 0.2) is 6.61 Å². The van der Waals surface area contributed by atoms with Gasteiger partial charge in [-0.2, -0.15) is 5.10 Å². The van der Waals surface area contributed by atoms with Crippen molar-refractivity contribution >= 4 is 73.9 Å². The number of anilines is 1. The third-order valence-electron chi connectivity index (χ3n) is 4.37. The summed E-state index contributed by atoms with van der Waals surface area (Å²) in [7, 11) is 0. The van der Waals surface area contributed by atoms with Gasteiger partial charge in [-0.15, -0.1) is 11.3 Å². The minimum atomic E-state index is -0.608. The van der Waals surface area contributed by atoms with E-state index in [2.05, 4.69) is 10.4 Å². The molecule has 0 unspecified atom stereocenters. The van der Waals surface area contributed by atoms with Crippen LogP contribution in [0.25, 0.3) is 15.9 Å². The highest BCUT2D eigenvalue weighted by atomic mass is 35.5. The highest BCUT2D eigenvalue weighted by molar-refractivity contribution is 7.20. The van der Waals surface area contributed by atoms with Crippen LogP contribution >= 0.6 is 46.1 Å². The Hall–Kier alpha value is -2.58. The Balaban J connectivity index is 1.49. The summed E-state index contributed by atoms with van der Waals surface area (Å²) in [6.07, 6.45) is 0. The van der Waals surface area contributed by atoms with Crippen LogP contribution in [0.15, 0.2) is 48.5 Å². The maximum Gasteiger partial charge on any atom is 0.348 e. The van der Waals surface area contributed by atoms with Gasteiger partial charge >= 0.3 is 5.97 Å². The van der Waals surface area contributed by atoms with Crippen LogP contribution < -0.4 is 5.32 Å². The molecule has 0 saturated carbocycles. The van der Waals surface area contributed by atoms with E-state index >= 15 is 0 Å². The second kappa shape index (κ2) is 8.88. The number of para-hydroxylation sites is 1. The van der Waals surface area contributed by atoms with Crippen molar-refractivity contribution in [3.63, 3.8) is 0 Å². The molecule has 0 aliphatic rings. The molecule has 0 aliphatic carbocycles. The SMILES string of the molecule is Cc1nn(-c2ccccc2Cl)c2sc(C(=O)OCC(=O)Nc3ccc(Cl)cc3Cl)cc12. The number of thiophene rings is 1. The fourth-order valence-corrected chi connectivity index (χ4v) is 4.66. The number of hydrogen-bond acceptors (Lipinski definition) is 5. The summed E-state index contributed by atoms with van der Waals surface area (Å²) in [6.45, 7) is 1.39. The number of rotatable bonds is 5. The van der Waals surface area contributed by atoms with Crippen LogP contribution in [-0.4, -0.2) is 28.3 Å². The molecule has 31 heavy (non-hydrogen) atoms. The lowest BCUT2D eigenvalue weighted by atomic mass is 10.3. The average Bonchev–Trinajstić information content (AvgIpc) is 3.30. The topological polar surface area (TPSA) is 73.2 Å². The lowest BCUT2D eigenvalue weighted by Gasteiger charge is -2.08. The van der Waals surface area contributed by atoms with Crippen molar-refractivity contribution in [2.75, 3.05) is 11.9 Å². The average molecular weight is 495 g/mol. The molecule has 0 fully saturated rings. The van der Waals surface area contributed by atoms with Crippen molar-refractivity contribution in [3.05, 3.63) is 74.2 Å². The number of nitrogens with one attached hydrogen (secondary N) is 1. The van der Waals surface area contributed by atoms with Gasteiger partial charge in [0.1, 0.15) is 9.71 Å². The Morgan fingerprint density at radius 1 is 1.10 bits per heavy atom. The summed E-state index contributed by atoms with van der Waals surface area (Å²) in [5, 5.41) is 9.20. The van der Waals surface area contributed by atoms with E-state index < -0.39 is 18.5 Å². The predicted molar refractivity (Wildman–Crippen MR) is 124 cm³/mol. The molecule has 0 bridgehead atoms. The number of carbonyl (C=O) groups excluding carboxylic acids is 2. The number of esters is 1. The number of benzene rings is 2. The van der Waals surface area contributed by atoms with Gasteiger partial charge < -0.3 is 10.1 Å². The Morgan fingerprint density at radius 3 is 2.61 bits per heavy atom. The Labute approximate surface area is 196 Å². The van der Waals surface area contributed by atoms with E-state index in [1.807, 2.05) is 25.1 Å². The van der Waals surface area contributed by atoms with Crippen molar-refractivity contribution in [1.29, 1.82) is 0 Å². The molecular formula is C21H14Cl3N3O3S. The van der Waals surface area contributed by atoms with Crippen LogP contribution in [0.4, 0.5) is 5.69 Å². The van der Waals surface area contributed by atoms with Gasteiger partial charge in [0.05, 0.1) is 27.1 Å². The number of fused-ring (bicyclic) bond motifs is 1. The van der Waals surface area contributed by atoms with E-state index in [0.717, 1.165) is 15.9 Å². The fraction of sp³-hybridized carbons (Fsp3) is 0.0952. The van der Waals surface area contributed by atoms with Gasteiger partial charge in [-0.3, -0.25) is 4.79 Å². The Bertz CT molecular complexity index is 1320. The van der Waals surface area contributed by atoms with Crippen LogP contribution in [0, 0.1) is 6.92 Å². The Morgan fingerprint density at radius 2 is 1.87 bits per heavy atom. The molecule has 158 valence electrons. The minimum absolute atomic E-state index is 0.288. The molecule has 0 spiro atoms. The molecule has 10 heteroatoms. The van der Waals surface area contributed by atoms with E-state index in [0.29, 0.717) is 26.3 Å². The standard InChI is InChI=1S/C21H14Cl3N3O3S/c1-11-13-9-18(31-20(13)27(26-11)17-5-3-2-4-14(17)23)21(29)30-10-19(28)25-16-7-6-12(22)8-15(16)24/h2-9H,10H2,1H3,(H,25,28). The number of aryl methyl sites for hydroxylation is 1. The van der Waals surface area contributed by atoms with Gasteiger partial charge in [-0.05, 0) is 43.3 Å². The lowest BCUT2D eigenvalue weighted by molar-refractivity contribution is -0.119. The van der Waals surface area contributed by atoms with Crippen LogP contribution in [0.5, 0.6) is 0 Å². The second-order valence-electron chi connectivity index (χ2n) is 6.53. The normalized spacial score (nSPS) is 11.0. The number of ether oxygens (including phenoxy) is 1. The van der Waals surface area contributed by atoms with Gasteiger partial charge in [0.2, 0.25) is 0 Å². The number of hydrogen-bond donors (Lipinski definition) is 1. The van der Waals surface area contributed by atoms with Crippen molar-refractivity contribution < 1.29 is 14.3 Å². The summed E-state index contributed by atoms with van der Waals surface area (Å²) in [6, 6.07) is 13.7. The molecule has 4 aromatic rings. The zero-order chi connectivity index (χ0) is 22.1. The lowest BCUT2D eigenvalue weighted by Crippen LogP contribution is -2.20. The first-order chi connectivity index (χ1) is 14.8. The molecule has 1 N–H and O–H groups in total. The highest BCUT2D eigenvalue weighted by Crippen LogP contribution is 2.32. The number of halogens is 3. The largest absolute Gasteiger partial charge is 0.451 e. The number of aromatic nitrogens is 2. The summed E-state index contributed by atoms with van der Waals surface area (Å²) in [4.78, 5) is 25.8. The smallest absolute Gasteiger partial charge is 0.348 e. The Kier molecular flexibility index (Phi) is 6.20. The molecule has 2 heterocycles. The molecule has 4 rings (SSSR count). The monoisotopic (exact) mass is 493 g/mol. The first-order valence-electron chi connectivity index (χ1n) is 8.99. The summed E-state index contributed by atoms with van der Waals surface area (Å²) < 4.78 is 6.87. The maximum atomic E-state index is 12.5. The van der Waals surface area contributed by atoms with Crippen molar-refractivity contribution in [1.82, 2.24) is 9.78 Å². The van der Waals surface area contributed by atoms with E-state index in [1.165, 1.54) is 17.4 Å². The van der Waals surface area contributed by atoms with Gasteiger partial charge in [-0.1, -0.05) is 46.9 Å². The highest BCUT2D eigenvalue weighted by Gasteiger charge is 2.20. The molecule has 0 radical (unpaired) electrons. The zero-order valence-electron chi connectivity index (χ0n) is 16.0. The predicted octanol–water partition coefficient (Wildman–Crippen LogP) is 6.15. The third kappa shape index (κ3) is 4.55. The molecule has 6 nitrogen and oxygen atoms in total. The first kappa shape index (κ1) is 21.6. The van der Waals surface area contributed by atoms with Crippen molar-refractivity contribution in [3.8, 4) is 5.69 Å². The molecule has 2 aromatic carbocycles. The van der Waals surface area contributed by atoms with E-state index in [-0.39, 0.29) is 5.02 Å². The molecular weight excluding hydrogens is 481 g/mol. The summed E-state index contributed by atoms with van der Waals surface area (Å²) in [5.41, 5.74) is 1.84. The third-order valence-corrected chi connectivity index (χ3v) is 6.32. The van der Waals surface area contributed by atoms with Crippen molar-refractivity contribution in [2.24, 2.45) is 0 Å². The molecule has 1 amide bonds. The maximum absolute atomic E-state index is 12.5. The van der Waals surface area contributed by atoms with Crippen LogP contribution in [0.2, 0.25) is 15.1 Å². The molecule has 0 aliphatic heterocycles. The summed E-state index contributed by atoms with van der Waals surface area (Å²) in [5.74, 6) is -1.12. The molecule has 0 atom stereocenters. The van der Waals surface area contributed by atoms with Gasteiger partial charge in [0.25, 0.3) is 5.91 Å². The van der Waals surface area contributed by atoms with Crippen molar-refractivity contribution in [2.45, 2.75) is 6.92 Å². The van der Waals surface area contributed by atoms with Gasteiger partial charge in [-0.25, -0.2) is 9.48 Å². The fourth-order valence-electron chi connectivity index (χ4n) is 2.91. The second-order valence-corrected chi connectivity index (χ2v) is 8.81. The van der Waals surface area contributed by atoms with Gasteiger partial charge in [0, 0.05) is 10.4 Å².